The molecule has 90 valence electrons. The monoisotopic (exact) mass is 224 g/mol. The number of hydrogen-bond donors (Lipinski definition) is 1. The highest BCUT2D eigenvalue weighted by atomic mass is 16.5. The fourth-order valence-corrected chi connectivity index (χ4v) is 1.22. The van der Waals surface area contributed by atoms with E-state index < -0.39 is 0 Å². The van der Waals surface area contributed by atoms with Gasteiger partial charge < -0.3 is 15.4 Å². The lowest BCUT2D eigenvalue weighted by atomic mass is 10.4. The second-order valence-electron chi connectivity index (χ2n) is 3.91. The molecule has 0 amide bonds. The van der Waals surface area contributed by atoms with Crippen LogP contribution in [-0.4, -0.2) is 36.3 Å². The highest BCUT2D eigenvalue weighted by molar-refractivity contribution is 5.34. The number of hydrogen-bond acceptors (Lipinski definition) is 5. The minimum absolute atomic E-state index is 0.259. The van der Waals surface area contributed by atoms with Gasteiger partial charge in [0, 0.05) is 26.3 Å². The third-order valence-electron chi connectivity index (χ3n) is 2.15. The summed E-state index contributed by atoms with van der Waals surface area (Å²) in [5.74, 6) is 0.829. The van der Waals surface area contributed by atoms with E-state index in [0.717, 1.165) is 18.1 Å². The first kappa shape index (κ1) is 12.9. The molecule has 16 heavy (non-hydrogen) atoms. The number of nitrogens with two attached hydrogens (primary N) is 1. The minimum Gasteiger partial charge on any atom is -0.377 e. The van der Waals surface area contributed by atoms with Gasteiger partial charge >= 0.3 is 0 Å². The molecule has 0 spiro atoms. The minimum atomic E-state index is 0.259. The van der Waals surface area contributed by atoms with Gasteiger partial charge in [-0.05, 0) is 13.8 Å². The van der Waals surface area contributed by atoms with Crippen molar-refractivity contribution in [1.82, 2.24) is 9.97 Å². The Morgan fingerprint density at radius 1 is 1.44 bits per heavy atom. The van der Waals surface area contributed by atoms with Crippen LogP contribution in [0.25, 0.3) is 0 Å². The van der Waals surface area contributed by atoms with E-state index in [9.17, 15) is 0 Å². The predicted octanol–water partition coefficient (Wildman–Crippen LogP) is 0.796. The molecule has 0 aliphatic carbocycles. The van der Waals surface area contributed by atoms with Crippen molar-refractivity contribution in [2.45, 2.75) is 26.5 Å². The topological polar surface area (TPSA) is 64.3 Å². The van der Waals surface area contributed by atoms with Gasteiger partial charge in [0.25, 0.3) is 0 Å². The van der Waals surface area contributed by atoms with E-state index in [0.29, 0.717) is 13.2 Å². The van der Waals surface area contributed by atoms with Crippen molar-refractivity contribution in [2.24, 2.45) is 5.73 Å². The van der Waals surface area contributed by atoms with Crippen molar-refractivity contribution >= 4 is 5.82 Å². The van der Waals surface area contributed by atoms with Crippen molar-refractivity contribution in [3.63, 3.8) is 0 Å². The molecule has 0 atom stereocenters. The van der Waals surface area contributed by atoms with E-state index in [4.69, 9.17) is 10.5 Å². The van der Waals surface area contributed by atoms with Crippen molar-refractivity contribution in [1.29, 1.82) is 0 Å². The van der Waals surface area contributed by atoms with E-state index in [1.807, 2.05) is 25.8 Å². The van der Waals surface area contributed by atoms with Crippen molar-refractivity contribution in [2.75, 3.05) is 25.1 Å². The summed E-state index contributed by atoms with van der Waals surface area (Å²) in [6, 6.07) is 0. The van der Waals surface area contributed by atoms with Gasteiger partial charge in [-0.3, -0.25) is 4.98 Å². The zero-order valence-electron chi connectivity index (χ0n) is 10.2. The molecular weight excluding hydrogens is 204 g/mol. The maximum absolute atomic E-state index is 5.51. The SMILES string of the molecule is CC(C)OCCN(C)c1cncc(CN)n1. The van der Waals surface area contributed by atoms with Crippen LogP contribution >= 0.6 is 0 Å². The van der Waals surface area contributed by atoms with Crippen LogP contribution in [0.15, 0.2) is 12.4 Å². The number of rotatable bonds is 6. The summed E-state index contributed by atoms with van der Waals surface area (Å²) in [6.45, 7) is 5.93. The molecule has 0 unspecified atom stereocenters. The molecule has 5 heteroatoms. The van der Waals surface area contributed by atoms with E-state index in [1.54, 1.807) is 12.4 Å². The Kier molecular flexibility index (Phi) is 5.14. The van der Waals surface area contributed by atoms with Gasteiger partial charge in [0.1, 0.15) is 5.82 Å². The Bertz CT molecular complexity index is 317. The summed E-state index contributed by atoms with van der Waals surface area (Å²) in [7, 11) is 1.97. The third-order valence-corrected chi connectivity index (χ3v) is 2.15. The Morgan fingerprint density at radius 3 is 2.81 bits per heavy atom. The first-order valence-electron chi connectivity index (χ1n) is 5.47. The highest BCUT2D eigenvalue weighted by Crippen LogP contribution is 2.06. The fourth-order valence-electron chi connectivity index (χ4n) is 1.22. The Balaban J connectivity index is 2.48. The van der Waals surface area contributed by atoms with Gasteiger partial charge in [0.2, 0.25) is 0 Å². The molecule has 0 saturated heterocycles. The van der Waals surface area contributed by atoms with Crippen LogP contribution in [0.4, 0.5) is 5.82 Å². The Hall–Kier alpha value is -1.20. The standard InChI is InChI=1S/C11H20N4O/c1-9(2)16-5-4-15(3)11-8-13-7-10(6-12)14-11/h7-9H,4-6,12H2,1-3H3. The summed E-state index contributed by atoms with van der Waals surface area (Å²) >= 11 is 0. The summed E-state index contributed by atoms with van der Waals surface area (Å²) in [5, 5.41) is 0. The van der Waals surface area contributed by atoms with E-state index in [1.165, 1.54) is 0 Å². The van der Waals surface area contributed by atoms with Crippen molar-refractivity contribution in [3.8, 4) is 0 Å². The predicted molar refractivity (Wildman–Crippen MR) is 64.3 cm³/mol. The van der Waals surface area contributed by atoms with Crippen LogP contribution < -0.4 is 10.6 Å². The summed E-state index contributed by atoms with van der Waals surface area (Å²) < 4.78 is 5.48. The molecule has 1 aromatic rings. The molecule has 1 rings (SSSR count). The molecular formula is C11H20N4O. The number of ether oxygens (including phenoxy) is 1. The van der Waals surface area contributed by atoms with Gasteiger partial charge in [-0.15, -0.1) is 0 Å². The van der Waals surface area contributed by atoms with Crippen molar-refractivity contribution < 1.29 is 4.74 Å². The summed E-state index contributed by atoms with van der Waals surface area (Å²) in [6.07, 6.45) is 3.67. The van der Waals surface area contributed by atoms with Crippen LogP contribution in [0.2, 0.25) is 0 Å². The molecule has 0 fully saturated rings. The number of nitrogens with zero attached hydrogens (tertiary/aromatic N) is 3. The largest absolute Gasteiger partial charge is 0.377 e. The third kappa shape index (κ3) is 4.12. The maximum atomic E-state index is 5.51. The Morgan fingerprint density at radius 2 is 2.19 bits per heavy atom. The van der Waals surface area contributed by atoms with Gasteiger partial charge in [-0.25, -0.2) is 4.98 Å². The molecule has 0 aromatic carbocycles. The first-order chi connectivity index (χ1) is 7.63. The molecule has 0 aliphatic heterocycles. The number of aromatic nitrogens is 2. The lowest BCUT2D eigenvalue weighted by Crippen LogP contribution is -2.25. The van der Waals surface area contributed by atoms with E-state index in [-0.39, 0.29) is 6.10 Å². The van der Waals surface area contributed by atoms with Gasteiger partial charge in [0.05, 0.1) is 24.6 Å². The van der Waals surface area contributed by atoms with Gasteiger partial charge in [0.15, 0.2) is 0 Å². The smallest absolute Gasteiger partial charge is 0.147 e. The van der Waals surface area contributed by atoms with Crippen LogP contribution in [-0.2, 0) is 11.3 Å². The van der Waals surface area contributed by atoms with Crippen molar-refractivity contribution in [3.05, 3.63) is 18.1 Å². The van der Waals surface area contributed by atoms with E-state index in [2.05, 4.69) is 9.97 Å². The number of likely N-dealkylation sites (N-methyl/N-ethyl adjacent to an activating group) is 1. The molecule has 0 radical (unpaired) electrons. The molecule has 5 nitrogen and oxygen atoms in total. The zero-order chi connectivity index (χ0) is 12.0. The molecule has 1 heterocycles. The zero-order valence-corrected chi connectivity index (χ0v) is 10.2. The summed E-state index contributed by atoms with van der Waals surface area (Å²) in [5.41, 5.74) is 6.31. The second kappa shape index (κ2) is 6.40. The number of anilines is 1. The fraction of sp³-hybridized carbons (Fsp3) is 0.636. The van der Waals surface area contributed by atoms with E-state index >= 15 is 0 Å². The van der Waals surface area contributed by atoms with Gasteiger partial charge in [-0.2, -0.15) is 0 Å². The second-order valence-corrected chi connectivity index (χ2v) is 3.91. The molecule has 0 saturated carbocycles. The average molecular weight is 224 g/mol. The average Bonchev–Trinajstić information content (AvgIpc) is 2.28. The lowest BCUT2D eigenvalue weighted by Gasteiger charge is -2.18. The van der Waals surface area contributed by atoms with Crippen LogP contribution in [0.3, 0.4) is 0 Å². The summed E-state index contributed by atoms with van der Waals surface area (Å²) in [4.78, 5) is 10.5. The van der Waals surface area contributed by atoms with Gasteiger partial charge in [-0.1, -0.05) is 0 Å². The maximum Gasteiger partial charge on any atom is 0.147 e. The van der Waals surface area contributed by atoms with Crippen LogP contribution in [0, 0.1) is 0 Å². The lowest BCUT2D eigenvalue weighted by molar-refractivity contribution is 0.0845. The normalized spacial score (nSPS) is 10.8. The van der Waals surface area contributed by atoms with Crippen LogP contribution in [0.1, 0.15) is 19.5 Å². The molecule has 2 N–H and O–H groups in total. The highest BCUT2D eigenvalue weighted by Gasteiger charge is 2.04. The molecule has 1 aromatic heterocycles. The Labute approximate surface area is 96.6 Å². The molecule has 0 aliphatic rings. The molecule has 0 bridgehead atoms. The quantitative estimate of drug-likeness (QED) is 0.774. The first-order valence-corrected chi connectivity index (χ1v) is 5.47. The van der Waals surface area contributed by atoms with Crippen LogP contribution in [0.5, 0.6) is 0 Å².